The zero-order chi connectivity index (χ0) is 12.3. The Labute approximate surface area is 94.6 Å². The van der Waals surface area contributed by atoms with Crippen molar-refractivity contribution in [1.29, 1.82) is 0 Å². The Kier molecular flexibility index (Phi) is 11.5. The van der Waals surface area contributed by atoms with Gasteiger partial charge in [0.25, 0.3) is 0 Å². The van der Waals surface area contributed by atoms with E-state index < -0.39 is 0 Å². The molecule has 0 atom stereocenters. The summed E-state index contributed by atoms with van der Waals surface area (Å²) in [5.41, 5.74) is 2.83. The second kappa shape index (κ2) is 10.7. The van der Waals surface area contributed by atoms with Crippen LogP contribution in [0.3, 0.4) is 0 Å². The Balaban J connectivity index is 0. The van der Waals surface area contributed by atoms with Gasteiger partial charge in [0.1, 0.15) is 0 Å². The van der Waals surface area contributed by atoms with Crippen molar-refractivity contribution >= 4 is 6.21 Å². The highest BCUT2D eigenvalue weighted by molar-refractivity contribution is 5.85. The molecule has 1 heteroatoms. The maximum Gasteiger partial charge on any atom is 0.0345 e. The molecule has 0 radical (unpaired) electrons. The van der Waals surface area contributed by atoms with E-state index >= 15 is 0 Å². The van der Waals surface area contributed by atoms with Gasteiger partial charge in [-0.1, -0.05) is 45.2 Å². The Morgan fingerprint density at radius 2 is 1.67 bits per heavy atom. The Morgan fingerprint density at radius 1 is 1.13 bits per heavy atom. The molecule has 0 saturated carbocycles. The van der Waals surface area contributed by atoms with Crippen LogP contribution in [0.15, 0.2) is 53.2 Å². The summed E-state index contributed by atoms with van der Waals surface area (Å²) in [6, 6.07) is 0. The number of aliphatic imine (C=N–C) groups is 1. The van der Waals surface area contributed by atoms with Crippen LogP contribution in [-0.4, -0.2) is 6.21 Å². The zero-order valence-electron chi connectivity index (χ0n) is 10.7. The molecule has 0 amide bonds. The molecule has 84 valence electrons. The van der Waals surface area contributed by atoms with Crippen molar-refractivity contribution in [2.24, 2.45) is 4.99 Å². The van der Waals surface area contributed by atoms with Gasteiger partial charge in [-0.3, -0.25) is 4.99 Å². The van der Waals surface area contributed by atoms with E-state index in [1.165, 1.54) is 0 Å². The molecule has 0 rings (SSSR count). The highest BCUT2D eigenvalue weighted by Crippen LogP contribution is 2.05. The van der Waals surface area contributed by atoms with E-state index in [4.69, 9.17) is 0 Å². The third kappa shape index (κ3) is 10.6. The molecule has 0 fully saturated rings. The van der Waals surface area contributed by atoms with E-state index in [0.717, 1.165) is 16.8 Å². The van der Waals surface area contributed by atoms with Crippen LogP contribution >= 0.6 is 0 Å². The quantitative estimate of drug-likeness (QED) is 0.466. The summed E-state index contributed by atoms with van der Waals surface area (Å²) in [7, 11) is 0. The standard InChI is InChI=1S/C12H17N.C2H6/c1-6-7-8-12(10(2)3)9-13-11(4)5;1-2/h6-9H,2,4H2,1,3,5H3;1-2H3/b7-6-,12-8-,13-9?;. The van der Waals surface area contributed by atoms with Gasteiger partial charge in [0.05, 0.1) is 0 Å². The summed E-state index contributed by atoms with van der Waals surface area (Å²) >= 11 is 0. The largest absolute Gasteiger partial charge is 0.262 e. The van der Waals surface area contributed by atoms with Crippen LogP contribution in [0.4, 0.5) is 0 Å². The van der Waals surface area contributed by atoms with E-state index in [9.17, 15) is 0 Å². The van der Waals surface area contributed by atoms with Crippen LogP contribution in [0.5, 0.6) is 0 Å². The molecule has 0 aromatic rings. The summed E-state index contributed by atoms with van der Waals surface area (Å²) in [6.07, 6.45) is 7.70. The van der Waals surface area contributed by atoms with Crippen molar-refractivity contribution < 1.29 is 0 Å². The SMILES string of the molecule is C=C(C)N=C/C(=C/C=C\C)C(=C)C.CC. The van der Waals surface area contributed by atoms with E-state index in [1.807, 2.05) is 52.8 Å². The average Bonchev–Trinajstić information content (AvgIpc) is 2.20. The first-order valence-electron chi connectivity index (χ1n) is 5.26. The van der Waals surface area contributed by atoms with Gasteiger partial charge in [-0.15, -0.1) is 0 Å². The molecule has 0 aromatic heterocycles. The number of allylic oxidation sites excluding steroid dienone is 6. The van der Waals surface area contributed by atoms with Gasteiger partial charge >= 0.3 is 0 Å². The van der Waals surface area contributed by atoms with Gasteiger partial charge in [0.15, 0.2) is 0 Å². The number of rotatable bonds is 4. The topological polar surface area (TPSA) is 12.4 Å². The molecule has 0 unspecified atom stereocenters. The lowest BCUT2D eigenvalue weighted by atomic mass is 10.1. The van der Waals surface area contributed by atoms with E-state index in [1.54, 1.807) is 6.21 Å². The third-order valence-electron chi connectivity index (χ3n) is 1.39. The first kappa shape index (κ1) is 16.1. The first-order valence-corrected chi connectivity index (χ1v) is 5.26. The van der Waals surface area contributed by atoms with Crippen LogP contribution in [-0.2, 0) is 0 Å². The predicted octanol–water partition coefficient (Wildman–Crippen LogP) is 4.70. The maximum absolute atomic E-state index is 4.12. The maximum atomic E-state index is 4.12. The zero-order valence-corrected chi connectivity index (χ0v) is 10.7. The fourth-order valence-corrected chi connectivity index (χ4v) is 0.675. The molecule has 0 spiro atoms. The number of hydrogen-bond donors (Lipinski definition) is 0. The van der Waals surface area contributed by atoms with Crippen molar-refractivity contribution in [3.05, 3.63) is 48.2 Å². The molecule has 0 aliphatic carbocycles. The Bertz CT molecular complexity index is 278. The second-order valence-electron chi connectivity index (χ2n) is 2.92. The summed E-state index contributed by atoms with van der Waals surface area (Å²) in [5.74, 6) is 0. The molecule has 0 saturated heterocycles. The Hall–Kier alpha value is -1.37. The smallest absolute Gasteiger partial charge is 0.0345 e. The van der Waals surface area contributed by atoms with Gasteiger partial charge in [-0.05, 0) is 31.9 Å². The number of hydrogen-bond acceptors (Lipinski definition) is 1. The number of nitrogens with zero attached hydrogens (tertiary/aromatic N) is 1. The lowest BCUT2D eigenvalue weighted by Gasteiger charge is -1.97. The van der Waals surface area contributed by atoms with Crippen LogP contribution in [0, 0.1) is 0 Å². The van der Waals surface area contributed by atoms with Crippen molar-refractivity contribution in [2.75, 3.05) is 0 Å². The molecule has 0 aliphatic heterocycles. The van der Waals surface area contributed by atoms with Crippen molar-refractivity contribution in [1.82, 2.24) is 0 Å². The normalized spacial score (nSPS) is 11.4. The van der Waals surface area contributed by atoms with Crippen molar-refractivity contribution in [3.63, 3.8) is 0 Å². The summed E-state index contributed by atoms with van der Waals surface area (Å²) in [5, 5.41) is 0. The van der Waals surface area contributed by atoms with E-state index in [2.05, 4.69) is 18.2 Å². The van der Waals surface area contributed by atoms with Gasteiger partial charge in [0.2, 0.25) is 0 Å². The second-order valence-corrected chi connectivity index (χ2v) is 2.92. The molecule has 1 nitrogen and oxygen atoms in total. The van der Waals surface area contributed by atoms with Crippen LogP contribution < -0.4 is 0 Å². The fourth-order valence-electron chi connectivity index (χ4n) is 0.675. The van der Waals surface area contributed by atoms with Crippen LogP contribution in [0.2, 0.25) is 0 Å². The van der Waals surface area contributed by atoms with Crippen LogP contribution in [0.25, 0.3) is 0 Å². The Morgan fingerprint density at radius 3 is 2.00 bits per heavy atom. The summed E-state index contributed by atoms with van der Waals surface area (Å²) < 4.78 is 0. The molecule has 0 aliphatic rings. The molecule has 0 bridgehead atoms. The minimum atomic E-state index is 0.799. The van der Waals surface area contributed by atoms with E-state index in [-0.39, 0.29) is 0 Å². The monoisotopic (exact) mass is 205 g/mol. The van der Waals surface area contributed by atoms with Gasteiger partial charge in [-0.25, -0.2) is 0 Å². The minimum Gasteiger partial charge on any atom is -0.262 e. The van der Waals surface area contributed by atoms with Crippen LogP contribution in [0.1, 0.15) is 34.6 Å². The fraction of sp³-hybridized carbons (Fsp3) is 0.357. The lowest BCUT2D eigenvalue weighted by molar-refractivity contribution is 1.33. The molecule has 15 heavy (non-hydrogen) atoms. The molecule has 0 aromatic carbocycles. The summed E-state index contributed by atoms with van der Waals surface area (Å²) in [4.78, 5) is 4.12. The minimum absolute atomic E-state index is 0.799. The highest BCUT2D eigenvalue weighted by atomic mass is 14.7. The molecule has 0 N–H and O–H groups in total. The van der Waals surface area contributed by atoms with Crippen molar-refractivity contribution in [2.45, 2.75) is 34.6 Å². The predicted molar refractivity (Wildman–Crippen MR) is 72.4 cm³/mol. The van der Waals surface area contributed by atoms with Gasteiger partial charge in [0, 0.05) is 11.9 Å². The molecular formula is C14H23N. The average molecular weight is 205 g/mol. The summed E-state index contributed by atoms with van der Waals surface area (Å²) in [6.45, 7) is 17.4. The molecular weight excluding hydrogens is 182 g/mol. The first-order chi connectivity index (χ1) is 7.07. The third-order valence-corrected chi connectivity index (χ3v) is 1.39. The van der Waals surface area contributed by atoms with Gasteiger partial charge in [-0.2, -0.15) is 0 Å². The highest BCUT2D eigenvalue weighted by Gasteiger charge is 1.90. The van der Waals surface area contributed by atoms with E-state index in [0.29, 0.717) is 0 Å². The molecule has 0 heterocycles. The van der Waals surface area contributed by atoms with Crippen molar-refractivity contribution in [3.8, 4) is 0 Å². The lowest BCUT2D eigenvalue weighted by Crippen LogP contribution is -1.85. The van der Waals surface area contributed by atoms with Gasteiger partial charge < -0.3 is 0 Å².